The molecular formula is C14H20N2OS. The van der Waals surface area contributed by atoms with Crippen LogP contribution in [0.15, 0.2) is 11.4 Å². The first-order valence-electron chi connectivity index (χ1n) is 6.85. The topological polar surface area (TPSA) is 55.1 Å². The number of hydrogen-bond donors (Lipinski definition) is 2. The molecule has 0 aromatic carbocycles. The minimum Gasteiger partial charge on any atom is -0.348 e. The molecule has 3 nitrogen and oxygen atoms in total. The highest BCUT2D eigenvalue weighted by atomic mass is 32.1. The average Bonchev–Trinajstić information content (AvgIpc) is 2.98. The fraction of sp³-hybridized carbons (Fsp3) is 0.643. The van der Waals surface area contributed by atoms with Crippen molar-refractivity contribution in [2.24, 2.45) is 5.73 Å². The van der Waals surface area contributed by atoms with Gasteiger partial charge in [0.25, 0.3) is 0 Å². The van der Waals surface area contributed by atoms with Gasteiger partial charge in [-0.05, 0) is 49.1 Å². The third-order valence-corrected chi connectivity index (χ3v) is 5.30. The van der Waals surface area contributed by atoms with Gasteiger partial charge >= 0.3 is 0 Å². The number of amides is 1. The first-order valence-corrected chi connectivity index (χ1v) is 7.73. The number of rotatable bonds is 2. The van der Waals surface area contributed by atoms with Crippen LogP contribution in [0.25, 0.3) is 0 Å². The van der Waals surface area contributed by atoms with E-state index in [1.54, 1.807) is 11.3 Å². The number of carbonyl (C=O) groups is 1. The minimum atomic E-state index is -0.604. The number of carbonyl (C=O) groups excluding carboxylic acids is 1. The predicted octanol–water partition coefficient (Wildman–Crippen LogP) is 2.51. The van der Waals surface area contributed by atoms with Crippen molar-refractivity contribution in [3.05, 3.63) is 21.9 Å². The number of nitrogens with two attached hydrogens (primary N) is 1. The molecule has 0 saturated heterocycles. The van der Waals surface area contributed by atoms with Crippen molar-refractivity contribution in [3.8, 4) is 0 Å². The maximum absolute atomic E-state index is 12.3. The highest BCUT2D eigenvalue weighted by Crippen LogP contribution is 2.34. The molecule has 0 spiro atoms. The van der Waals surface area contributed by atoms with Gasteiger partial charge in [-0.3, -0.25) is 4.79 Å². The molecule has 1 aromatic rings. The maximum Gasteiger partial charge on any atom is 0.240 e. The molecular weight excluding hydrogens is 244 g/mol. The second-order valence-corrected chi connectivity index (χ2v) is 6.58. The smallest absolute Gasteiger partial charge is 0.240 e. The summed E-state index contributed by atoms with van der Waals surface area (Å²) in [7, 11) is 0. The molecule has 98 valence electrons. The molecule has 18 heavy (non-hydrogen) atoms. The lowest BCUT2D eigenvalue weighted by molar-refractivity contribution is -0.127. The molecule has 0 bridgehead atoms. The molecule has 1 heterocycles. The Kier molecular flexibility index (Phi) is 3.16. The highest BCUT2D eigenvalue weighted by Gasteiger charge is 2.38. The minimum absolute atomic E-state index is 0.0593. The fourth-order valence-electron chi connectivity index (χ4n) is 3.17. The van der Waals surface area contributed by atoms with Crippen molar-refractivity contribution in [3.63, 3.8) is 0 Å². The van der Waals surface area contributed by atoms with E-state index in [-0.39, 0.29) is 11.9 Å². The van der Waals surface area contributed by atoms with Crippen LogP contribution in [-0.4, -0.2) is 11.4 Å². The van der Waals surface area contributed by atoms with E-state index in [9.17, 15) is 4.79 Å². The first kappa shape index (κ1) is 12.2. The van der Waals surface area contributed by atoms with Gasteiger partial charge in [0, 0.05) is 4.88 Å². The summed E-state index contributed by atoms with van der Waals surface area (Å²) in [5.74, 6) is 0.0593. The van der Waals surface area contributed by atoms with Crippen molar-refractivity contribution in [1.82, 2.24) is 5.32 Å². The SMILES string of the molecule is NC1(C(=O)NC2CCCc3sccc32)CCCC1. The Morgan fingerprint density at radius 2 is 2.17 bits per heavy atom. The lowest BCUT2D eigenvalue weighted by Crippen LogP contribution is -2.52. The van der Waals surface area contributed by atoms with Gasteiger partial charge in [0.15, 0.2) is 0 Å². The maximum atomic E-state index is 12.3. The van der Waals surface area contributed by atoms with Crippen LogP contribution in [0.1, 0.15) is 55.0 Å². The molecule has 3 rings (SSSR count). The predicted molar refractivity (Wildman–Crippen MR) is 73.5 cm³/mol. The molecule has 1 saturated carbocycles. The summed E-state index contributed by atoms with van der Waals surface area (Å²) in [5, 5.41) is 5.31. The van der Waals surface area contributed by atoms with E-state index in [2.05, 4.69) is 16.8 Å². The zero-order valence-corrected chi connectivity index (χ0v) is 11.4. The first-order chi connectivity index (χ1) is 8.69. The van der Waals surface area contributed by atoms with E-state index in [0.717, 1.165) is 44.9 Å². The lowest BCUT2D eigenvalue weighted by Gasteiger charge is -2.29. The fourth-order valence-corrected chi connectivity index (χ4v) is 4.16. The zero-order chi connectivity index (χ0) is 12.6. The normalized spacial score (nSPS) is 25.7. The molecule has 4 heteroatoms. The van der Waals surface area contributed by atoms with Gasteiger partial charge in [0.05, 0.1) is 11.6 Å². The third kappa shape index (κ3) is 2.08. The molecule has 1 atom stereocenters. The summed E-state index contributed by atoms with van der Waals surface area (Å²) in [6.07, 6.45) is 7.20. The summed E-state index contributed by atoms with van der Waals surface area (Å²) in [6.45, 7) is 0. The van der Waals surface area contributed by atoms with E-state index < -0.39 is 5.54 Å². The third-order valence-electron chi connectivity index (χ3n) is 4.31. The highest BCUT2D eigenvalue weighted by molar-refractivity contribution is 7.10. The van der Waals surface area contributed by atoms with Gasteiger partial charge < -0.3 is 11.1 Å². The average molecular weight is 264 g/mol. The molecule has 2 aliphatic rings. The standard InChI is InChI=1S/C14H20N2OS/c15-14(7-1-2-8-14)13(17)16-11-4-3-5-12-10(11)6-9-18-12/h6,9,11H,1-5,7-8,15H2,(H,16,17). The quantitative estimate of drug-likeness (QED) is 0.862. The van der Waals surface area contributed by atoms with Crippen LogP contribution in [0.2, 0.25) is 0 Å². The monoisotopic (exact) mass is 264 g/mol. The van der Waals surface area contributed by atoms with Gasteiger partial charge in [0.2, 0.25) is 5.91 Å². The molecule has 1 aromatic heterocycles. The van der Waals surface area contributed by atoms with Gasteiger partial charge in [-0.2, -0.15) is 0 Å². The van der Waals surface area contributed by atoms with Gasteiger partial charge in [0.1, 0.15) is 0 Å². The van der Waals surface area contributed by atoms with Crippen LogP contribution in [0.5, 0.6) is 0 Å². The van der Waals surface area contributed by atoms with Crippen molar-refractivity contribution in [1.29, 1.82) is 0 Å². The van der Waals surface area contributed by atoms with Crippen molar-refractivity contribution in [2.75, 3.05) is 0 Å². The summed E-state index contributed by atoms with van der Waals surface area (Å²) in [6, 6.07) is 2.34. The summed E-state index contributed by atoms with van der Waals surface area (Å²) in [5.41, 5.74) is 6.92. The second kappa shape index (κ2) is 4.67. The Hall–Kier alpha value is -0.870. The molecule has 0 radical (unpaired) electrons. The van der Waals surface area contributed by atoms with Crippen molar-refractivity contribution in [2.45, 2.75) is 56.5 Å². The van der Waals surface area contributed by atoms with E-state index in [1.807, 2.05) is 0 Å². The molecule has 1 fully saturated rings. The summed E-state index contributed by atoms with van der Waals surface area (Å²) in [4.78, 5) is 13.8. The molecule has 0 aliphatic heterocycles. The summed E-state index contributed by atoms with van der Waals surface area (Å²) < 4.78 is 0. The largest absolute Gasteiger partial charge is 0.348 e. The van der Waals surface area contributed by atoms with Crippen LogP contribution in [0.4, 0.5) is 0 Å². The molecule has 1 unspecified atom stereocenters. The Morgan fingerprint density at radius 1 is 1.39 bits per heavy atom. The number of fused-ring (bicyclic) bond motifs is 1. The number of nitrogens with one attached hydrogen (secondary N) is 1. The van der Waals surface area contributed by atoms with E-state index in [1.165, 1.54) is 10.4 Å². The zero-order valence-electron chi connectivity index (χ0n) is 10.6. The summed E-state index contributed by atoms with van der Waals surface area (Å²) >= 11 is 1.81. The van der Waals surface area contributed by atoms with Crippen LogP contribution in [-0.2, 0) is 11.2 Å². The van der Waals surface area contributed by atoms with Crippen molar-refractivity contribution >= 4 is 17.2 Å². The van der Waals surface area contributed by atoms with Crippen LogP contribution >= 0.6 is 11.3 Å². The Labute approximate surface area is 112 Å². The van der Waals surface area contributed by atoms with E-state index in [4.69, 9.17) is 5.73 Å². The Bertz CT molecular complexity index is 448. The number of thiophene rings is 1. The van der Waals surface area contributed by atoms with Gasteiger partial charge in [-0.25, -0.2) is 0 Å². The lowest BCUT2D eigenvalue weighted by atomic mass is 9.91. The Morgan fingerprint density at radius 3 is 2.94 bits per heavy atom. The van der Waals surface area contributed by atoms with Crippen LogP contribution < -0.4 is 11.1 Å². The number of hydrogen-bond acceptors (Lipinski definition) is 3. The molecule has 2 aliphatic carbocycles. The van der Waals surface area contributed by atoms with Crippen LogP contribution in [0.3, 0.4) is 0 Å². The van der Waals surface area contributed by atoms with Crippen LogP contribution in [0, 0.1) is 0 Å². The van der Waals surface area contributed by atoms with E-state index in [0.29, 0.717) is 0 Å². The molecule has 3 N–H and O–H groups in total. The van der Waals surface area contributed by atoms with E-state index >= 15 is 0 Å². The van der Waals surface area contributed by atoms with Crippen molar-refractivity contribution < 1.29 is 4.79 Å². The van der Waals surface area contributed by atoms with Gasteiger partial charge in [-0.15, -0.1) is 11.3 Å². The second-order valence-electron chi connectivity index (χ2n) is 5.58. The number of aryl methyl sites for hydroxylation is 1. The van der Waals surface area contributed by atoms with Gasteiger partial charge in [-0.1, -0.05) is 12.8 Å². The molecule has 1 amide bonds. The Balaban J connectivity index is 1.73.